The summed E-state index contributed by atoms with van der Waals surface area (Å²) in [7, 11) is 2.04. The number of piperidine rings is 1. The van der Waals surface area contributed by atoms with Crippen molar-refractivity contribution in [2.45, 2.75) is 52.2 Å². The first kappa shape index (κ1) is 30.1. The molecule has 6 rings (SSSR count). The number of amides is 2. The molecule has 2 aromatic carbocycles. The molecule has 3 aromatic rings. The number of H-pyrrole nitrogens is 1. The van der Waals surface area contributed by atoms with Gasteiger partial charge in [0.2, 0.25) is 0 Å². The maximum atomic E-state index is 13.5. The van der Waals surface area contributed by atoms with Crippen LogP contribution in [0.15, 0.2) is 36.0 Å². The molecule has 10 nitrogen and oxygen atoms in total. The maximum Gasteiger partial charge on any atom is 0.262 e. The number of halogens is 1. The monoisotopic (exact) mass is 617 g/mol. The molecule has 0 spiro atoms. The van der Waals surface area contributed by atoms with Crippen molar-refractivity contribution in [3.05, 3.63) is 74.7 Å². The van der Waals surface area contributed by atoms with Crippen molar-refractivity contribution in [1.29, 1.82) is 0 Å². The SMILES string of the molecule is Cc1ccc(OC[C@H](O)CNC2=C(c3nc4c(C)c5c(cc4[nH]3)C(=O)N(C3CCN(C)CC3)C5=O)C(=O)CC=C2)c(C)c1Cl. The third kappa shape index (κ3) is 5.31. The van der Waals surface area contributed by atoms with Gasteiger partial charge in [0.05, 0.1) is 32.8 Å². The van der Waals surface area contributed by atoms with E-state index in [-0.39, 0.29) is 43.2 Å². The van der Waals surface area contributed by atoms with Gasteiger partial charge >= 0.3 is 0 Å². The molecule has 0 bridgehead atoms. The van der Waals surface area contributed by atoms with Gasteiger partial charge in [-0.15, -0.1) is 0 Å². The van der Waals surface area contributed by atoms with Crippen LogP contribution in [-0.2, 0) is 4.79 Å². The Kier molecular flexibility index (Phi) is 8.08. The average Bonchev–Trinajstić information content (AvgIpc) is 3.53. The second-order valence-corrected chi connectivity index (χ2v) is 12.3. The molecule has 3 aliphatic rings. The highest BCUT2D eigenvalue weighted by molar-refractivity contribution is 6.32. The number of aryl methyl sites for hydroxylation is 2. The number of Topliss-reactive ketones (excluding diaryl/α,β-unsaturated/α-hetero) is 1. The highest BCUT2D eigenvalue weighted by Gasteiger charge is 2.42. The number of aromatic amines is 1. The Labute approximate surface area is 260 Å². The molecule has 2 amide bonds. The molecular formula is C33H36ClN5O5. The molecule has 1 aliphatic carbocycles. The van der Waals surface area contributed by atoms with E-state index in [0.717, 1.165) is 37.1 Å². The van der Waals surface area contributed by atoms with Crippen LogP contribution in [0.4, 0.5) is 0 Å². The molecule has 3 heterocycles. The largest absolute Gasteiger partial charge is 0.490 e. The van der Waals surface area contributed by atoms with Gasteiger partial charge in [0.1, 0.15) is 24.3 Å². The van der Waals surface area contributed by atoms with Crippen molar-refractivity contribution in [3.63, 3.8) is 0 Å². The fourth-order valence-electron chi connectivity index (χ4n) is 6.26. The van der Waals surface area contributed by atoms with E-state index in [2.05, 4.69) is 15.2 Å². The number of aromatic nitrogens is 2. The molecule has 230 valence electrons. The number of carbonyl (C=O) groups is 3. The number of hydrogen-bond donors (Lipinski definition) is 3. The standard InChI is InChI=1S/C33H36ClN5O5/c1-17-8-9-26(18(2)29(17)34)44-16-21(40)15-35-23-6-5-7-25(41)28(23)31-36-24-14-22-27(19(3)30(24)37-31)33(43)39(32(22)42)20-10-12-38(4)13-11-20/h5-6,8-9,14,20-21,35,40H,7,10-13,15-16H2,1-4H3,(H,36,37)/t21-/m1/s1. The fraction of sp³-hybridized carbons (Fsp3) is 0.394. The molecule has 1 saturated heterocycles. The van der Waals surface area contributed by atoms with E-state index >= 15 is 0 Å². The number of imidazole rings is 1. The fourth-order valence-corrected chi connectivity index (χ4v) is 6.42. The lowest BCUT2D eigenvalue weighted by molar-refractivity contribution is -0.113. The lowest BCUT2D eigenvalue weighted by atomic mass is 10.00. The van der Waals surface area contributed by atoms with E-state index < -0.39 is 6.10 Å². The number of imide groups is 1. The molecule has 3 N–H and O–H groups in total. The predicted octanol–water partition coefficient (Wildman–Crippen LogP) is 4.10. The summed E-state index contributed by atoms with van der Waals surface area (Å²) in [6.07, 6.45) is 4.38. The van der Waals surface area contributed by atoms with Crippen LogP contribution < -0.4 is 10.1 Å². The first-order chi connectivity index (χ1) is 21.0. The first-order valence-corrected chi connectivity index (χ1v) is 15.3. The third-order valence-corrected chi connectivity index (χ3v) is 9.40. The summed E-state index contributed by atoms with van der Waals surface area (Å²) in [5.41, 5.74) is 5.10. The summed E-state index contributed by atoms with van der Waals surface area (Å²) in [6.45, 7) is 7.40. The smallest absolute Gasteiger partial charge is 0.262 e. The van der Waals surface area contributed by atoms with Gasteiger partial charge in [-0.05, 0) is 83.1 Å². The Balaban J connectivity index is 1.23. The summed E-state index contributed by atoms with van der Waals surface area (Å²) in [4.78, 5) is 51.8. The number of aliphatic hydroxyl groups is 1. The van der Waals surface area contributed by atoms with Crippen molar-refractivity contribution in [3.8, 4) is 5.75 Å². The van der Waals surface area contributed by atoms with Crippen LogP contribution >= 0.6 is 11.6 Å². The summed E-state index contributed by atoms with van der Waals surface area (Å²) >= 11 is 6.33. The minimum absolute atomic E-state index is 0.0273. The first-order valence-electron chi connectivity index (χ1n) is 14.9. The number of nitrogens with one attached hydrogen (secondary N) is 2. The van der Waals surface area contributed by atoms with Gasteiger partial charge in [0, 0.05) is 30.3 Å². The number of fused-ring (bicyclic) bond motifs is 2. The zero-order valence-electron chi connectivity index (χ0n) is 25.3. The molecule has 2 aliphatic heterocycles. The van der Waals surface area contributed by atoms with Crippen molar-refractivity contribution < 1.29 is 24.2 Å². The Bertz CT molecular complexity index is 1750. The molecule has 0 unspecified atom stereocenters. The Morgan fingerprint density at radius 1 is 1.14 bits per heavy atom. The van der Waals surface area contributed by atoms with E-state index in [9.17, 15) is 19.5 Å². The van der Waals surface area contributed by atoms with E-state index in [1.54, 1.807) is 25.1 Å². The van der Waals surface area contributed by atoms with Crippen LogP contribution in [0.5, 0.6) is 5.75 Å². The number of allylic oxidation sites excluding steroid dienone is 3. The summed E-state index contributed by atoms with van der Waals surface area (Å²) in [5, 5.41) is 14.5. The topological polar surface area (TPSA) is 128 Å². The van der Waals surface area contributed by atoms with Crippen LogP contribution in [0, 0.1) is 20.8 Å². The van der Waals surface area contributed by atoms with Gasteiger partial charge in [-0.1, -0.05) is 23.7 Å². The minimum atomic E-state index is -0.876. The highest BCUT2D eigenvalue weighted by Crippen LogP contribution is 2.35. The Morgan fingerprint density at radius 2 is 1.89 bits per heavy atom. The van der Waals surface area contributed by atoms with Crippen LogP contribution in [0.3, 0.4) is 0 Å². The van der Waals surface area contributed by atoms with Crippen molar-refractivity contribution in [1.82, 2.24) is 25.1 Å². The molecule has 44 heavy (non-hydrogen) atoms. The number of likely N-dealkylation sites (tertiary alicyclic amines) is 1. The summed E-state index contributed by atoms with van der Waals surface area (Å²) in [5.74, 6) is 0.240. The highest BCUT2D eigenvalue weighted by atomic mass is 35.5. The number of ketones is 1. The Morgan fingerprint density at radius 3 is 2.64 bits per heavy atom. The molecule has 0 saturated carbocycles. The van der Waals surface area contributed by atoms with Crippen molar-refractivity contribution in [2.24, 2.45) is 0 Å². The van der Waals surface area contributed by atoms with Crippen molar-refractivity contribution in [2.75, 3.05) is 33.3 Å². The number of hydrogen-bond acceptors (Lipinski definition) is 8. The number of rotatable bonds is 8. The number of ether oxygens (including phenoxy) is 1. The number of nitrogens with zero attached hydrogens (tertiary/aromatic N) is 3. The zero-order chi connectivity index (χ0) is 31.3. The molecule has 1 aromatic heterocycles. The zero-order valence-corrected chi connectivity index (χ0v) is 26.0. The van der Waals surface area contributed by atoms with Gasteiger partial charge in [-0.2, -0.15) is 0 Å². The summed E-state index contributed by atoms with van der Waals surface area (Å²) < 4.78 is 5.81. The molecular weight excluding hydrogens is 582 g/mol. The third-order valence-electron chi connectivity index (χ3n) is 8.82. The molecule has 11 heteroatoms. The average molecular weight is 618 g/mol. The van der Waals surface area contributed by atoms with E-state index in [1.165, 1.54) is 4.90 Å². The lowest BCUT2D eigenvalue weighted by Crippen LogP contribution is -2.46. The van der Waals surface area contributed by atoms with E-state index in [1.807, 2.05) is 33.0 Å². The van der Waals surface area contributed by atoms with Crippen LogP contribution in [0.1, 0.15) is 62.5 Å². The maximum absolute atomic E-state index is 13.5. The summed E-state index contributed by atoms with van der Waals surface area (Å²) in [6, 6.07) is 5.25. The Hall–Kier alpha value is -3.99. The minimum Gasteiger partial charge on any atom is -0.490 e. The van der Waals surface area contributed by atoms with Gasteiger partial charge in [-0.3, -0.25) is 19.3 Å². The predicted molar refractivity (Wildman–Crippen MR) is 168 cm³/mol. The molecule has 1 fully saturated rings. The number of aliphatic hydroxyl groups excluding tert-OH is 1. The molecule has 0 radical (unpaired) electrons. The number of carbonyl (C=O) groups excluding carboxylic acids is 3. The van der Waals surface area contributed by atoms with Crippen molar-refractivity contribution >= 4 is 45.8 Å². The van der Waals surface area contributed by atoms with Gasteiger partial charge in [0.25, 0.3) is 11.8 Å². The second kappa shape index (κ2) is 11.8. The van der Waals surface area contributed by atoms with E-state index in [4.69, 9.17) is 21.3 Å². The quantitative estimate of drug-likeness (QED) is 0.323. The normalized spacial score (nSPS) is 18.5. The van der Waals surface area contributed by atoms with Gasteiger partial charge in [-0.25, -0.2) is 4.98 Å². The lowest BCUT2D eigenvalue weighted by Gasteiger charge is -2.33. The second-order valence-electron chi connectivity index (χ2n) is 11.9. The van der Waals surface area contributed by atoms with Crippen LogP contribution in [0.25, 0.3) is 16.6 Å². The van der Waals surface area contributed by atoms with E-state index in [0.29, 0.717) is 55.6 Å². The number of benzene rings is 2. The molecule has 1 atom stereocenters. The van der Waals surface area contributed by atoms with Gasteiger partial charge < -0.3 is 25.0 Å². The van der Waals surface area contributed by atoms with Gasteiger partial charge in [0.15, 0.2) is 5.78 Å². The van der Waals surface area contributed by atoms with Crippen LogP contribution in [-0.4, -0.2) is 87.9 Å². The van der Waals surface area contributed by atoms with Crippen LogP contribution in [0.2, 0.25) is 5.02 Å².